The largest absolute Gasteiger partial charge is 0.396 e. The van der Waals surface area contributed by atoms with Crippen molar-refractivity contribution in [1.82, 2.24) is 9.97 Å². The van der Waals surface area contributed by atoms with Crippen molar-refractivity contribution in [2.24, 2.45) is 5.92 Å². The Bertz CT molecular complexity index is 865. The highest BCUT2D eigenvalue weighted by atomic mass is 16.3. The number of aliphatic hydroxyl groups excluding tert-OH is 1. The predicted molar refractivity (Wildman–Crippen MR) is 110 cm³/mol. The van der Waals surface area contributed by atoms with E-state index in [1.807, 2.05) is 42.6 Å². The molecule has 1 unspecified atom stereocenters. The molecule has 1 N–H and O–H groups in total. The molecule has 1 aromatic heterocycles. The molecule has 4 rings (SSSR count). The average molecular weight is 359 g/mol. The lowest BCUT2D eigenvalue weighted by molar-refractivity contribution is 0.244. The second kappa shape index (κ2) is 8.31. The number of hydrogen-bond acceptors (Lipinski definition) is 4. The lowest BCUT2D eigenvalue weighted by Crippen LogP contribution is -2.36. The molecule has 0 saturated carbocycles. The van der Waals surface area contributed by atoms with Crippen LogP contribution in [0.5, 0.6) is 0 Å². The van der Waals surface area contributed by atoms with Gasteiger partial charge in [0.1, 0.15) is 5.82 Å². The molecule has 1 saturated heterocycles. The molecule has 27 heavy (non-hydrogen) atoms. The van der Waals surface area contributed by atoms with Crippen molar-refractivity contribution >= 4 is 5.82 Å². The zero-order chi connectivity index (χ0) is 18.5. The van der Waals surface area contributed by atoms with Crippen LogP contribution in [-0.4, -0.2) is 34.8 Å². The van der Waals surface area contributed by atoms with E-state index < -0.39 is 0 Å². The lowest BCUT2D eigenvalue weighted by atomic mass is 9.95. The van der Waals surface area contributed by atoms with Crippen LogP contribution in [0.1, 0.15) is 19.3 Å². The molecule has 0 radical (unpaired) electrons. The minimum Gasteiger partial charge on any atom is -0.396 e. The van der Waals surface area contributed by atoms with E-state index in [1.54, 1.807) is 0 Å². The number of rotatable bonds is 5. The van der Waals surface area contributed by atoms with Crippen molar-refractivity contribution in [2.75, 3.05) is 24.6 Å². The summed E-state index contributed by atoms with van der Waals surface area (Å²) >= 11 is 0. The summed E-state index contributed by atoms with van der Waals surface area (Å²) < 4.78 is 0. The van der Waals surface area contributed by atoms with Crippen LogP contribution in [0.15, 0.2) is 66.9 Å². The fourth-order valence-corrected chi connectivity index (χ4v) is 3.83. The highest BCUT2D eigenvalue weighted by molar-refractivity contribution is 5.78. The number of aliphatic hydroxyl groups is 1. The maximum absolute atomic E-state index is 9.28. The van der Waals surface area contributed by atoms with Crippen LogP contribution in [0.2, 0.25) is 0 Å². The Labute approximate surface area is 160 Å². The van der Waals surface area contributed by atoms with Gasteiger partial charge in [-0.15, -0.1) is 0 Å². The van der Waals surface area contributed by atoms with E-state index in [1.165, 1.54) is 6.42 Å². The summed E-state index contributed by atoms with van der Waals surface area (Å²) in [5, 5.41) is 9.28. The first-order chi connectivity index (χ1) is 13.3. The molecular formula is C23H25N3O. The molecule has 1 aliphatic rings. The summed E-state index contributed by atoms with van der Waals surface area (Å²) in [6.45, 7) is 2.19. The maximum Gasteiger partial charge on any atom is 0.147 e. The van der Waals surface area contributed by atoms with E-state index in [9.17, 15) is 5.11 Å². The van der Waals surface area contributed by atoms with Crippen molar-refractivity contribution in [3.05, 3.63) is 66.9 Å². The highest BCUT2D eigenvalue weighted by Gasteiger charge is 2.22. The molecule has 138 valence electrons. The molecule has 2 aromatic carbocycles. The number of hydrogen-bond donors (Lipinski definition) is 1. The normalized spacial score (nSPS) is 17.1. The number of piperidine rings is 1. The minimum absolute atomic E-state index is 0.256. The van der Waals surface area contributed by atoms with Gasteiger partial charge in [0.05, 0.1) is 17.6 Å². The smallest absolute Gasteiger partial charge is 0.147 e. The Hall–Kier alpha value is -2.72. The molecule has 3 aromatic rings. The van der Waals surface area contributed by atoms with Gasteiger partial charge in [0, 0.05) is 30.8 Å². The maximum atomic E-state index is 9.28. The van der Waals surface area contributed by atoms with Crippen LogP contribution < -0.4 is 4.90 Å². The van der Waals surface area contributed by atoms with Crippen LogP contribution in [0.3, 0.4) is 0 Å². The Morgan fingerprint density at radius 2 is 1.59 bits per heavy atom. The van der Waals surface area contributed by atoms with E-state index in [4.69, 9.17) is 9.97 Å². The van der Waals surface area contributed by atoms with Gasteiger partial charge in [0.15, 0.2) is 0 Å². The summed E-state index contributed by atoms with van der Waals surface area (Å²) in [6, 6.07) is 20.5. The first-order valence-corrected chi connectivity index (χ1v) is 9.69. The third-order valence-electron chi connectivity index (χ3n) is 5.23. The van der Waals surface area contributed by atoms with Gasteiger partial charge in [0.25, 0.3) is 0 Å². The second-order valence-electron chi connectivity index (χ2n) is 7.12. The van der Waals surface area contributed by atoms with E-state index >= 15 is 0 Å². The lowest BCUT2D eigenvalue weighted by Gasteiger charge is -2.33. The van der Waals surface area contributed by atoms with Crippen molar-refractivity contribution in [2.45, 2.75) is 19.3 Å². The molecular weight excluding hydrogens is 334 g/mol. The van der Waals surface area contributed by atoms with Crippen LogP contribution >= 0.6 is 0 Å². The van der Waals surface area contributed by atoms with E-state index in [0.29, 0.717) is 5.92 Å². The molecule has 0 amide bonds. The molecule has 1 fully saturated rings. The zero-order valence-corrected chi connectivity index (χ0v) is 15.5. The van der Waals surface area contributed by atoms with Gasteiger partial charge in [0.2, 0.25) is 0 Å². The summed E-state index contributed by atoms with van der Waals surface area (Å²) in [4.78, 5) is 12.2. The predicted octanol–water partition coefficient (Wildman–Crippen LogP) is 4.41. The van der Waals surface area contributed by atoms with Gasteiger partial charge >= 0.3 is 0 Å². The molecule has 1 aliphatic heterocycles. The monoisotopic (exact) mass is 359 g/mol. The van der Waals surface area contributed by atoms with Gasteiger partial charge in [-0.2, -0.15) is 0 Å². The van der Waals surface area contributed by atoms with Crippen molar-refractivity contribution in [3.8, 4) is 22.5 Å². The van der Waals surface area contributed by atoms with Crippen molar-refractivity contribution in [3.63, 3.8) is 0 Å². The molecule has 0 bridgehead atoms. The average Bonchev–Trinajstić information content (AvgIpc) is 2.75. The number of nitrogens with zero attached hydrogens (tertiary/aromatic N) is 3. The summed E-state index contributed by atoms with van der Waals surface area (Å²) in [7, 11) is 0. The summed E-state index contributed by atoms with van der Waals surface area (Å²) in [5.41, 5.74) is 3.99. The number of aromatic nitrogens is 2. The van der Waals surface area contributed by atoms with E-state index in [2.05, 4.69) is 29.2 Å². The summed E-state index contributed by atoms with van der Waals surface area (Å²) in [6.07, 6.45) is 5.07. The van der Waals surface area contributed by atoms with E-state index in [-0.39, 0.29) is 6.61 Å². The second-order valence-corrected chi connectivity index (χ2v) is 7.12. The van der Waals surface area contributed by atoms with Crippen LogP contribution in [-0.2, 0) is 0 Å². The molecule has 4 heteroatoms. The van der Waals surface area contributed by atoms with Crippen molar-refractivity contribution < 1.29 is 5.11 Å². The van der Waals surface area contributed by atoms with Crippen molar-refractivity contribution in [1.29, 1.82) is 0 Å². The fourth-order valence-electron chi connectivity index (χ4n) is 3.83. The van der Waals surface area contributed by atoms with E-state index in [0.717, 1.165) is 54.3 Å². The Balaban J connectivity index is 1.73. The van der Waals surface area contributed by atoms with Gasteiger partial charge in [-0.1, -0.05) is 60.7 Å². The standard InChI is InChI=1S/C23H25N3O/c27-15-13-18-8-7-14-26(17-18)21-16-24-22(19-9-3-1-4-10-19)23(25-21)20-11-5-2-6-12-20/h1-6,9-12,16,18,27H,7-8,13-15,17H2. The first kappa shape index (κ1) is 17.7. The van der Waals surface area contributed by atoms with Gasteiger partial charge in [-0.05, 0) is 25.2 Å². The fraction of sp³-hybridized carbons (Fsp3) is 0.304. The zero-order valence-electron chi connectivity index (χ0n) is 15.5. The Kier molecular flexibility index (Phi) is 5.45. The highest BCUT2D eigenvalue weighted by Crippen LogP contribution is 2.31. The molecule has 2 heterocycles. The Morgan fingerprint density at radius 3 is 2.26 bits per heavy atom. The van der Waals surface area contributed by atoms with Gasteiger partial charge in [-0.25, -0.2) is 4.98 Å². The van der Waals surface area contributed by atoms with Crippen LogP contribution in [0.25, 0.3) is 22.5 Å². The number of anilines is 1. The minimum atomic E-state index is 0.256. The topological polar surface area (TPSA) is 49.2 Å². The number of benzene rings is 2. The third-order valence-corrected chi connectivity index (χ3v) is 5.23. The SMILES string of the molecule is OCCC1CCCN(c2cnc(-c3ccccc3)c(-c3ccccc3)n2)C1. The Morgan fingerprint density at radius 1 is 0.926 bits per heavy atom. The molecule has 4 nitrogen and oxygen atoms in total. The third kappa shape index (κ3) is 4.01. The molecule has 0 spiro atoms. The first-order valence-electron chi connectivity index (χ1n) is 9.69. The van der Waals surface area contributed by atoms with Gasteiger partial charge < -0.3 is 10.0 Å². The van der Waals surface area contributed by atoms with Gasteiger partial charge in [-0.3, -0.25) is 4.98 Å². The molecule has 0 aliphatic carbocycles. The van der Waals surface area contributed by atoms with Crippen LogP contribution in [0, 0.1) is 5.92 Å². The quantitative estimate of drug-likeness (QED) is 0.733. The molecule has 1 atom stereocenters. The van der Waals surface area contributed by atoms with Crippen LogP contribution in [0.4, 0.5) is 5.82 Å². The summed E-state index contributed by atoms with van der Waals surface area (Å²) in [5.74, 6) is 1.45.